The Morgan fingerprint density at radius 3 is 2.88 bits per heavy atom. The molecule has 0 atom stereocenters. The third kappa shape index (κ3) is 2.99. The highest BCUT2D eigenvalue weighted by Crippen LogP contribution is 2.20. The largest absolute Gasteiger partial charge is 0.444 e. The van der Waals surface area contributed by atoms with Gasteiger partial charge in [-0.05, 0) is 44.4 Å². The molecule has 0 saturated heterocycles. The summed E-state index contributed by atoms with van der Waals surface area (Å²) in [5, 5.41) is 0. The highest BCUT2D eigenvalue weighted by molar-refractivity contribution is 5.68. The molecule has 0 unspecified atom stereocenters. The summed E-state index contributed by atoms with van der Waals surface area (Å²) in [6.45, 7) is 7.02. The first-order valence-electron chi connectivity index (χ1n) is 5.91. The predicted molar refractivity (Wildman–Crippen MR) is 65.6 cm³/mol. The molecule has 3 heteroatoms. The van der Waals surface area contributed by atoms with Gasteiger partial charge in [0, 0.05) is 13.1 Å². The van der Waals surface area contributed by atoms with Gasteiger partial charge in [0.2, 0.25) is 0 Å². The van der Waals surface area contributed by atoms with E-state index >= 15 is 0 Å². The van der Waals surface area contributed by atoms with Gasteiger partial charge in [-0.3, -0.25) is 0 Å². The molecular weight excluding hydrogens is 214 g/mol. The normalized spacial score (nSPS) is 15.4. The zero-order valence-electron chi connectivity index (χ0n) is 10.6. The van der Waals surface area contributed by atoms with E-state index in [4.69, 9.17) is 4.74 Å². The Morgan fingerprint density at radius 2 is 2.18 bits per heavy atom. The highest BCUT2D eigenvalue weighted by atomic mass is 16.6. The molecule has 3 nitrogen and oxygen atoms in total. The van der Waals surface area contributed by atoms with Crippen LogP contribution in [0.15, 0.2) is 18.2 Å². The van der Waals surface area contributed by atoms with Crippen molar-refractivity contribution in [2.75, 3.05) is 6.54 Å². The van der Waals surface area contributed by atoms with Gasteiger partial charge in [0.25, 0.3) is 0 Å². The maximum absolute atomic E-state index is 11.9. The lowest BCUT2D eigenvalue weighted by atomic mass is 10.0. The zero-order chi connectivity index (χ0) is 12.5. The lowest BCUT2D eigenvalue weighted by molar-refractivity contribution is 0.0224. The molecule has 1 radical (unpaired) electrons. The second-order valence-electron chi connectivity index (χ2n) is 5.35. The van der Waals surface area contributed by atoms with Crippen LogP contribution in [0.5, 0.6) is 0 Å². The molecule has 1 heterocycles. The van der Waals surface area contributed by atoms with Gasteiger partial charge in [0.15, 0.2) is 0 Å². The van der Waals surface area contributed by atoms with Crippen LogP contribution >= 0.6 is 0 Å². The van der Waals surface area contributed by atoms with E-state index in [0.717, 1.165) is 13.0 Å². The summed E-state index contributed by atoms with van der Waals surface area (Å²) in [5.41, 5.74) is 2.05. The van der Waals surface area contributed by atoms with E-state index in [2.05, 4.69) is 6.07 Å². The molecule has 2 rings (SSSR count). The first-order valence-corrected chi connectivity index (χ1v) is 5.91. The van der Waals surface area contributed by atoms with Crippen molar-refractivity contribution in [1.29, 1.82) is 0 Å². The van der Waals surface area contributed by atoms with Gasteiger partial charge in [-0.15, -0.1) is 0 Å². The molecule has 0 bridgehead atoms. The van der Waals surface area contributed by atoms with Crippen LogP contribution < -0.4 is 0 Å². The minimum Gasteiger partial charge on any atom is -0.444 e. The number of benzene rings is 1. The van der Waals surface area contributed by atoms with Gasteiger partial charge >= 0.3 is 6.09 Å². The molecule has 0 fully saturated rings. The van der Waals surface area contributed by atoms with Crippen molar-refractivity contribution >= 4 is 6.09 Å². The van der Waals surface area contributed by atoms with Gasteiger partial charge in [-0.2, -0.15) is 0 Å². The van der Waals surface area contributed by atoms with E-state index < -0.39 is 5.60 Å². The number of fused-ring (bicyclic) bond motifs is 1. The number of hydrogen-bond acceptors (Lipinski definition) is 2. The molecule has 0 aromatic heterocycles. The zero-order valence-corrected chi connectivity index (χ0v) is 10.6. The van der Waals surface area contributed by atoms with Crippen LogP contribution in [-0.2, 0) is 17.7 Å². The fourth-order valence-electron chi connectivity index (χ4n) is 1.91. The second kappa shape index (κ2) is 4.40. The highest BCUT2D eigenvalue weighted by Gasteiger charge is 2.25. The number of hydrogen-bond donors (Lipinski definition) is 0. The molecule has 0 spiro atoms. The Bertz CT molecular complexity index is 420. The quantitative estimate of drug-likeness (QED) is 0.688. The van der Waals surface area contributed by atoms with Crippen molar-refractivity contribution in [2.24, 2.45) is 0 Å². The van der Waals surface area contributed by atoms with Crippen LogP contribution in [0, 0.1) is 6.07 Å². The number of ether oxygens (including phenoxy) is 1. The van der Waals surface area contributed by atoms with E-state index in [1.54, 1.807) is 4.90 Å². The first-order chi connectivity index (χ1) is 7.96. The number of rotatable bonds is 0. The third-order valence-electron chi connectivity index (χ3n) is 2.71. The first kappa shape index (κ1) is 12.0. The summed E-state index contributed by atoms with van der Waals surface area (Å²) >= 11 is 0. The molecule has 1 amide bonds. The van der Waals surface area contributed by atoms with Crippen LogP contribution in [0.4, 0.5) is 4.79 Å². The Balaban J connectivity index is 2.05. The number of nitrogens with zero attached hydrogens (tertiary/aromatic N) is 1. The monoisotopic (exact) mass is 232 g/mol. The standard InChI is InChI=1S/C14H18NO2/c1-14(2,3)17-13(16)15-9-8-11-6-4-5-7-12(11)10-15/h5-7H,8-10H2,1-3H3. The molecule has 1 aliphatic rings. The van der Waals surface area contributed by atoms with Crippen LogP contribution in [0.3, 0.4) is 0 Å². The van der Waals surface area contributed by atoms with Crippen LogP contribution in [0.2, 0.25) is 0 Å². The predicted octanol–water partition coefficient (Wildman–Crippen LogP) is 2.78. The number of amides is 1. The molecule has 0 saturated carbocycles. The van der Waals surface area contributed by atoms with Gasteiger partial charge in [0.1, 0.15) is 5.60 Å². The van der Waals surface area contributed by atoms with Crippen LogP contribution in [0.25, 0.3) is 0 Å². The molecule has 1 aromatic carbocycles. The summed E-state index contributed by atoms with van der Waals surface area (Å²) in [4.78, 5) is 13.7. The maximum atomic E-state index is 11.9. The Labute approximate surface area is 102 Å². The SMILES string of the molecule is CC(C)(C)OC(=O)N1CCc2c[c]ccc2C1. The molecule has 0 aliphatic carbocycles. The molecule has 0 N–H and O–H groups in total. The van der Waals surface area contributed by atoms with Gasteiger partial charge < -0.3 is 9.64 Å². The van der Waals surface area contributed by atoms with Crippen molar-refractivity contribution in [1.82, 2.24) is 4.90 Å². The molecule has 1 aromatic rings. The fraction of sp³-hybridized carbons (Fsp3) is 0.500. The lowest BCUT2D eigenvalue weighted by Gasteiger charge is -2.31. The maximum Gasteiger partial charge on any atom is 0.410 e. The van der Waals surface area contributed by atoms with Crippen LogP contribution in [-0.4, -0.2) is 23.1 Å². The van der Waals surface area contributed by atoms with E-state index in [-0.39, 0.29) is 6.09 Å². The average Bonchev–Trinajstić information content (AvgIpc) is 2.26. The topological polar surface area (TPSA) is 29.5 Å². The number of carbonyl (C=O) groups is 1. The minimum absolute atomic E-state index is 0.226. The summed E-state index contributed by atoms with van der Waals surface area (Å²) < 4.78 is 5.37. The Morgan fingerprint density at radius 1 is 1.41 bits per heavy atom. The van der Waals surface area contributed by atoms with Crippen molar-refractivity contribution < 1.29 is 9.53 Å². The van der Waals surface area contributed by atoms with E-state index in [1.165, 1.54) is 11.1 Å². The van der Waals surface area contributed by atoms with E-state index in [1.807, 2.05) is 39.0 Å². The second-order valence-corrected chi connectivity index (χ2v) is 5.35. The third-order valence-corrected chi connectivity index (χ3v) is 2.71. The Hall–Kier alpha value is -1.51. The summed E-state index contributed by atoms with van der Waals surface area (Å²) in [5.74, 6) is 0. The van der Waals surface area contributed by atoms with Crippen molar-refractivity contribution in [3.8, 4) is 0 Å². The summed E-state index contributed by atoms with van der Waals surface area (Å²) in [6, 6.07) is 8.98. The van der Waals surface area contributed by atoms with E-state index in [9.17, 15) is 4.79 Å². The van der Waals surface area contributed by atoms with Gasteiger partial charge in [-0.25, -0.2) is 4.79 Å². The van der Waals surface area contributed by atoms with Crippen LogP contribution in [0.1, 0.15) is 31.9 Å². The molecule has 91 valence electrons. The molecule has 17 heavy (non-hydrogen) atoms. The smallest absolute Gasteiger partial charge is 0.410 e. The van der Waals surface area contributed by atoms with Crippen molar-refractivity contribution in [3.63, 3.8) is 0 Å². The minimum atomic E-state index is -0.429. The van der Waals surface area contributed by atoms with Crippen molar-refractivity contribution in [3.05, 3.63) is 35.4 Å². The van der Waals surface area contributed by atoms with Gasteiger partial charge in [0.05, 0.1) is 0 Å². The fourth-order valence-corrected chi connectivity index (χ4v) is 1.91. The van der Waals surface area contributed by atoms with Gasteiger partial charge in [-0.1, -0.05) is 18.2 Å². The molecular formula is C14H18NO2. The Kier molecular flexibility index (Phi) is 3.09. The summed E-state index contributed by atoms with van der Waals surface area (Å²) in [7, 11) is 0. The molecule has 1 aliphatic heterocycles. The summed E-state index contributed by atoms with van der Waals surface area (Å²) in [6.07, 6.45) is 0.655. The average molecular weight is 232 g/mol. The number of carbonyl (C=O) groups excluding carboxylic acids is 1. The lowest BCUT2D eigenvalue weighted by Crippen LogP contribution is -2.39. The van der Waals surface area contributed by atoms with Crippen molar-refractivity contribution in [2.45, 2.75) is 39.3 Å². The van der Waals surface area contributed by atoms with E-state index in [0.29, 0.717) is 6.54 Å².